The van der Waals surface area contributed by atoms with Crippen molar-refractivity contribution < 1.29 is 9.47 Å². The lowest BCUT2D eigenvalue weighted by atomic mass is 10.1. The number of nitrogens with one attached hydrogen (secondary N) is 2. The van der Waals surface area contributed by atoms with E-state index in [4.69, 9.17) is 14.5 Å². The molecule has 0 aliphatic carbocycles. The minimum Gasteiger partial charge on any atom is -0.454 e. The Morgan fingerprint density at radius 2 is 2.14 bits per heavy atom. The van der Waals surface area contributed by atoms with Crippen molar-refractivity contribution in [2.75, 3.05) is 26.4 Å². The van der Waals surface area contributed by atoms with E-state index in [1.54, 1.807) is 4.88 Å². The molecule has 0 spiro atoms. The summed E-state index contributed by atoms with van der Waals surface area (Å²) >= 11 is 1.89. The molecular weight excluding hydrogens is 372 g/mol. The molecule has 2 aromatic rings. The molecule has 1 unspecified atom stereocenters. The lowest BCUT2D eigenvalue weighted by Gasteiger charge is -2.32. The number of nitrogens with zero attached hydrogens (tertiary/aromatic N) is 2. The Balaban J connectivity index is 1.32. The first kappa shape index (κ1) is 19.1. The molecule has 6 nitrogen and oxygen atoms in total. The smallest absolute Gasteiger partial charge is 0.231 e. The van der Waals surface area contributed by atoms with Crippen molar-refractivity contribution in [3.8, 4) is 11.5 Å². The van der Waals surface area contributed by atoms with E-state index in [1.165, 1.54) is 5.56 Å². The van der Waals surface area contributed by atoms with Crippen molar-refractivity contribution in [2.24, 2.45) is 4.99 Å². The lowest BCUT2D eigenvalue weighted by Crippen LogP contribution is -2.47. The van der Waals surface area contributed by atoms with Gasteiger partial charge in [0, 0.05) is 37.1 Å². The Labute approximate surface area is 170 Å². The van der Waals surface area contributed by atoms with E-state index >= 15 is 0 Å². The molecule has 0 amide bonds. The van der Waals surface area contributed by atoms with E-state index in [1.807, 2.05) is 29.5 Å². The van der Waals surface area contributed by atoms with E-state index in [9.17, 15) is 0 Å². The molecule has 0 saturated heterocycles. The Hall–Kier alpha value is -2.25. The number of benzene rings is 1. The topological polar surface area (TPSA) is 58.1 Å². The van der Waals surface area contributed by atoms with Gasteiger partial charge in [-0.05, 0) is 55.0 Å². The van der Waals surface area contributed by atoms with Crippen LogP contribution in [0.25, 0.3) is 0 Å². The van der Waals surface area contributed by atoms with Crippen LogP contribution < -0.4 is 20.1 Å². The highest BCUT2D eigenvalue weighted by atomic mass is 32.1. The molecular formula is C21H28N4O2S. The molecule has 1 aromatic carbocycles. The van der Waals surface area contributed by atoms with Crippen molar-refractivity contribution in [3.05, 3.63) is 45.6 Å². The highest BCUT2D eigenvalue weighted by molar-refractivity contribution is 7.10. The van der Waals surface area contributed by atoms with Crippen LogP contribution in [0.4, 0.5) is 0 Å². The SMILES string of the molecule is CCNC(=NCc1ccc2c(c1)OCO2)NCC(C)N1CCc2sccc2C1. The summed E-state index contributed by atoms with van der Waals surface area (Å²) in [5.74, 6) is 2.46. The molecule has 7 heteroatoms. The third-order valence-electron chi connectivity index (χ3n) is 5.23. The number of guanidine groups is 1. The van der Waals surface area contributed by atoms with Crippen LogP contribution in [0.2, 0.25) is 0 Å². The minimum absolute atomic E-state index is 0.299. The number of hydrogen-bond donors (Lipinski definition) is 2. The molecule has 2 N–H and O–H groups in total. The molecule has 2 aliphatic rings. The summed E-state index contributed by atoms with van der Waals surface area (Å²) < 4.78 is 10.8. The zero-order valence-corrected chi connectivity index (χ0v) is 17.3. The molecule has 4 rings (SSSR count). The molecule has 3 heterocycles. The maximum absolute atomic E-state index is 5.45. The summed E-state index contributed by atoms with van der Waals surface area (Å²) in [4.78, 5) is 8.83. The molecule has 0 saturated carbocycles. The molecule has 1 atom stereocenters. The molecule has 150 valence electrons. The van der Waals surface area contributed by atoms with Gasteiger partial charge >= 0.3 is 0 Å². The van der Waals surface area contributed by atoms with Crippen LogP contribution in [0.3, 0.4) is 0 Å². The highest BCUT2D eigenvalue weighted by Crippen LogP contribution is 2.32. The van der Waals surface area contributed by atoms with Gasteiger partial charge in [0.2, 0.25) is 6.79 Å². The average molecular weight is 401 g/mol. The van der Waals surface area contributed by atoms with Crippen LogP contribution in [0.5, 0.6) is 11.5 Å². The van der Waals surface area contributed by atoms with E-state index in [-0.39, 0.29) is 0 Å². The summed E-state index contributed by atoms with van der Waals surface area (Å²) in [6.45, 7) is 9.15. The first-order valence-corrected chi connectivity index (χ1v) is 10.8. The molecule has 28 heavy (non-hydrogen) atoms. The lowest BCUT2D eigenvalue weighted by molar-refractivity contribution is 0.174. The van der Waals surface area contributed by atoms with Crippen LogP contribution in [0.15, 0.2) is 34.6 Å². The quantitative estimate of drug-likeness (QED) is 0.577. The van der Waals surface area contributed by atoms with Gasteiger partial charge in [-0.25, -0.2) is 4.99 Å². The number of thiophene rings is 1. The second kappa shape index (κ2) is 8.84. The minimum atomic E-state index is 0.299. The molecule has 2 aliphatic heterocycles. The number of rotatable bonds is 6. The third kappa shape index (κ3) is 4.42. The summed E-state index contributed by atoms with van der Waals surface area (Å²) in [5, 5.41) is 9.05. The van der Waals surface area contributed by atoms with Gasteiger partial charge in [-0.15, -0.1) is 11.3 Å². The van der Waals surface area contributed by atoms with Crippen molar-refractivity contribution >= 4 is 17.3 Å². The van der Waals surface area contributed by atoms with Gasteiger partial charge < -0.3 is 20.1 Å². The van der Waals surface area contributed by atoms with Crippen LogP contribution in [-0.4, -0.2) is 43.3 Å². The van der Waals surface area contributed by atoms with Crippen LogP contribution >= 0.6 is 11.3 Å². The fourth-order valence-electron chi connectivity index (χ4n) is 3.57. The van der Waals surface area contributed by atoms with E-state index in [0.717, 1.165) is 55.6 Å². The summed E-state index contributed by atoms with van der Waals surface area (Å²) in [6, 6.07) is 8.70. The van der Waals surface area contributed by atoms with Gasteiger partial charge in [-0.1, -0.05) is 6.07 Å². The first-order chi connectivity index (χ1) is 13.7. The first-order valence-electron chi connectivity index (χ1n) is 9.93. The van der Waals surface area contributed by atoms with Crippen molar-refractivity contribution in [1.82, 2.24) is 15.5 Å². The van der Waals surface area contributed by atoms with Crippen molar-refractivity contribution in [2.45, 2.75) is 39.4 Å². The van der Waals surface area contributed by atoms with Crippen molar-refractivity contribution in [1.29, 1.82) is 0 Å². The van der Waals surface area contributed by atoms with Crippen LogP contribution in [0, 0.1) is 0 Å². The standard InChI is InChI=1S/C21H28N4O2S/c1-3-22-21(24-12-16-4-5-18-19(10-16)27-14-26-18)23-11-15(2)25-8-6-20-17(13-25)7-9-28-20/h4-5,7,9-10,15H,3,6,8,11-14H2,1-2H3,(H2,22,23,24). The maximum atomic E-state index is 5.45. The molecule has 0 radical (unpaired) electrons. The number of hydrogen-bond acceptors (Lipinski definition) is 5. The molecule has 1 aromatic heterocycles. The van der Waals surface area contributed by atoms with Gasteiger partial charge in [0.25, 0.3) is 0 Å². The molecule has 0 bridgehead atoms. The van der Waals surface area contributed by atoms with Gasteiger partial charge in [-0.2, -0.15) is 0 Å². The zero-order chi connectivity index (χ0) is 19.3. The summed E-state index contributed by atoms with van der Waals surface area (Å²) in [7, 11) is 0. The number of ether oxygens (including phenoxy) is 2. The monoisotopic (exact) mass is 400 g/mol. The van der Waals surface area contributed by atoms with E-state index in [0.29, 0.717) is 19.4 Å². The number of fused-ring (bicyclic) bond motifs is 2. The second-order valence-electron chi connectivity index (χ2n) is 7.20. The Morgan fingerprint density at radius 1 is 1.25 bits per heavy atom. The maximum Gasteiger partial charge on any atom is 0.231 e. The Bertz CT molecular complexity index is 836. The second-order valence-corrected chi connectivity index (χ2v) is 8.20. The van der Waals surface area contributed by atoms with Gasteiger partial charge in [0.15, 0.2) is 17.5 Å². The van der Waals surface area contributed by atoms with Crippen molar-refractivity contribution in [3.63, 3.8) is 0 Å². The summed E-state index contributed by atoms with van der Waals surface area (Å²) in [5.41, 5.74) is 2.60. The number of aliphatic imine (C=N–C) groups is 1. The Kier molecular flexibility index (Phi) is 6.02. The Morgan fingerprint density at radius 3 is 3.04 bits per heavy atom. The third-order valence-corrected chi connectivity index (χ3v) is 6.25. The zero-order valence-electron chi connectivity index (χ0n) is 16.5. The fourth-order valence-corrected chi connectivity index (χ4v) is 4.46. The summed E-state index contributed by atoms with van der Waals surface area (Å²) in [6.07, 6.45) is 1.16. The van der Waals surface area contributed by atoms with E-state index < -0.39 is 0 Å². The fraction of sp³-hybridized carbons (Fsp3) is 0.476. The largest absolute Gasteiger partial charge is 0.454 e. The van der Waals surface area contributed by atoms with Crippen LogP contribution in [-0.2, 0) is 19.5 Å². The predicted molar refractivity (Wildman–Crippen MR) is 113 cm³/mol. The average Bonchev–Trinajstić information content (AvgIpc) is 3.37. The predicted octanol–water partition coefficient (Wildman–Crippen LogP) is 2.98. The normalized spacial score (nSPS) is 17.3. The van der Waals surface area contributed by atoms with Gasteiger partial charge in [0.05, 0.1) is 6.54 Å². The van der Waals surface area contributed by atoms with Gasteiger partial charge in [-0.3, -0.25) is 4.90 Å². The van der Waals surface area contributed by atoms with Gasteiger partial charge in [0.1, 0.15) is 0 Å². The van der Waals surface area contributed by atoms with E-state index in [2.05, 4.69) is 40.8 Å². The highest BCUT2D eigenvalue weighted by Gasteiger charge is 2.21. The van der Waals surface area contributed by atoms with Crippen LogP contribution in [0.1, 0.15) is 29.9 Å². The molecule has 0 fully saturated rings.